The van der Waals surface area contributed by atoms with Crippen molar-refractivity contribution in [2.75, 3.05) is 24.7 Å². The molecule has 0 atom stereocenters. The number of rotatable bonds is 4. The van der Waals surface area contributed by atoms with Crippen molar-refractivity contribution in [3.05, 3.63) is 58.1 Å². The van der Waals surface area contributed by atoms with E-state index in [1.54, 1.807) is 12.1 Å². The molecule has 0 fully saturated rings. The number of carbonyl (C=O) groups excluding carboxylic acids is 1. The number of halogens is 1. The summed E-state index contributed by atoms with van der Waals surface area (Å²) in [5.41, 5.74) is 8.75. The van der Waals surface area contributed by atoms with Crippen LogP contribution < -0.4 is 10.6 Å². The van der Waals surface area contributed by atoms with E-state index in [0.717, 1.165) is 15.7 Å². The molecular formula is C16H17BrN2O2. The molecule has 0 aliphatic rings. The molecule has 0 spiro atoms. The van der Waals surface area contributed by atoms with Crippen LogP contribution in [0.1, 0.15) is 15.9 Å². The summed E-state index contributed by atoms with van der Waals surface area (Å²) in [6.45, 7) is 0.238. The third-order valence-corrected chi connectivity index (χ3v) is 3.56. The fraction of sp³-hybridized carbons (Fsp3) is 0.188. The second-order valence-electron chi connectivity index (χ2n) is 4.87. The number of hydrogen-bond donors (Lipinski definition) is 1. The van der Waals surface area contributed by atoms with Gasteiger partial charge in [0, 0.05) is 18.6 Å². The summed E-state index contributed by atoms with van der Waals surface area (Å²) in [5, 5.41) is 0. The minimum atomic E-state index is -0.380. The smallest absolute Gasteiger partial charge is 0.338 e. The van der Waals surface area contributed by atoms with Crippen LogP contribution in [0.25, 0.3) is 0 Å². The Hall–Kier alpha value is -2.01. The SMILES string of the molecule is CN(C)c1ccc(C(=O)OCc2ccc(Br)cc2)cc1N. The van der Waals surface area contributed by atoms with Gasteiger partial charge in [-0.05, 0) is 35.9 Å². The lowest BCUT2D eigenvalue weighted by atomic mass is 10.1. The molecule has 21 heavy (non-hydrogen) atoms. The second-order valence-corrected chi connectivity index (χ2v) is 5.79. The van der Waals surface area contributed by atoms with Crippen LogP contribution in [0.15, 0.2) is 46.9 Å². The van der Waals surface area contributed by atoms with Gasteiger partial charge >= 0.3 is 5.97 Å². The lowest BCUT2D eigenvalue weighted by molar-refractivity contribution is 0.0473. The van der Waals surface area contributed by atoms with Crippen LogP contribution in [0.4, 0.5) is 11.4 Å². The molecule has 0 amide bonds. The molecule has 0 aliphatic carbocycles. The molecule has 0 bridgehead atoms. The fourth-order valence-electron chi connectivity index (χ4n) is 1.90. The van der Waals surface area contributed by atoms with Crippen molar-refractivity contribution < 1.29 is 9.53 Å². The highest BCUT2D eigenvalue weighted by molar-refractivity contribution is 9.10. The van der Waals surface area contributed by atoms with Gasteiger partial charge in [0.2, 0.25) is 0 Å². The lowest BCUT2D eigenvalue weighted by Crippen LogP contribution is -2.12. The molecule has 2 aromatic rings. The largest absolute Gasteiger partial charge is 0.457 e. The van der Waals surface area contributed by atoms with Gasteiger partial charge in [-0.1, -0.05) is 28.1 Å². The first-order valence-corrected chi connectivity index (χ1v) is 7.25. The number of benzene rings is 2. The quantitative estimate of drug-likeness (QED) is 0.679. The Morgan fingerprint density at radius 2 is 1.86 bits per heavy atom. The van der Waals surface area contributed by atoms with Crippen molar-refractivity contribution in [2.45, 2.75) is 6.61 Å². The number of ether oxygens (including phenoxy) is 1. The standard InChI is InChI=1S/C16H17BrN2O2/c1-19(2)15-8-5-12(9-14(15)18)16(20)21-10-11-3-6-13(17)7-4-11/h3-9H,10,18H2,1-2H3. The van der Waals surface area contributed by atoms with E-state index >= 15 is 0 Å². The highest BCUT2D eigenvalue weighted by Crippen LogP contribution is 2.23. The Kier molecular flexibility index (Phi) is 4.85. The van der Waals surface area contributed by atoms with E-state index in [2.05, 4.69) is 15.9 Å². The zero-order chi connectivity index (χ0) is 15.4. The highest BCUT2D eigenvalue weighted by atomic mass is 79.9. The monoisotopic (exact) mass is 348 g/mol. The van der Waals surface area contributed by atoms with Crippen molar-refractivity contribution in [1.82, 2.24) is 0 Å². The average molecular weight is 349 g/mol. The Morgan fingerprint density at radius 1 is 1.19 bits per heavy atom. The third kappa shape index (κ3) is 3.98. The summed E-state index contributed by atoms with van der Waals surface area (Å²) in [7, 11) is 3.80. The summed E-state index contributed by atoms with van der Waals surface area (Å²) in [5.74, 6) is -0.380. The second kappa shape index (κ2) is 6.63. The Bertz CT molecular complexity index is 639. The van der Waals surface area contributed by atoms with E-state index < -0.39 is 0 Å². The molecule has 0 aliphatic heterocycles. The van der Waals surface area contributed by atoms with E-state index in [1.165, 1.54) is 0 Å². The Morgan fingerprint density at radius 3 is 2.43 bits per heavy atom. The number of carbonyl (C=O) groups is 1. The van der Waals surface area contributed by atoms with Crippen LogP contribution in [-0.2, 0) is 11.3 Å². The van der Waals surface area contributed by atoms with E-state index in [0.29, 0.717) is 11.3 Å². The van der Waals surface area contributed by atoms with Crippen molar-refractivity contribution in [3.63, 3.8) is 0 Å². The summed E-state index contributed by atoms with van der Waals surface area (Å²) < 4.78 is 6.28. The molecule has 0 aromatic heterocycles. The van der Waals surface area contributed by atoms with Crippen LogP contribution in [-0.4, -0.2) is 20.1 Å². The molecule has 0 saturated carbocycles. The van der Waals surface area contributed by atoms with Crippen molar-refractivity contribution in [2.24, 2.45) is 0 Å². The normalized spacial score (nSPS) is 10.2. The molecule has 0 heterocycles. The Balaban J connectivity index is 2.03. The molecule has 0 radical (unpaired) electrons. The van der Waals surface area contributed by atoms with Gasteiger partial charge in [-0.25, -0.2) is 4.79 Å². The summed E-state index contributed by atoms with van der Waals surface area (Å²) in [4.78, 5) is 13.9. The number of anilines is 2. The van der Waals surface area contributed by atoms with Crippen LogP contribution in [0, 0.1) is 0 Å². The molecule has 0 unspecified atom stereocenters. The van der Waals surface area contributed by atoms with Gasteiger partial charge in [-0.2, -0.15) is 0 Å². The van der Waals surface area contributed by atoms with Gasteiger partial charge in [-0.15, -0.1) is 0 Å². The third-order valence-electron chi connectivity index (χ3n) is 3.03. The van der Waals surface area contributed by atoms with Gasteiger partial charge in [0.1, 0.15) is 6.61 Å². The number of esters is 1. The van der Waals surface area contributed by atoms with Crippen LogP contribution in [0.2, 0.25) is 0 Å². The zero-order valence-electron chi connectivity index (χ0n) is 12.0. The summed E-state index contributed by atoms with van der Waals surface area (Å²) in [6, 6.07) is 12.8. The van der Waals surface area contributed by atoms with Crippen LogP contribution in [0.3, 0.4) is 0 Å². The maximum absolute atomic E-state index is 12.0. The first-order valence-electron chi connectivity index (χ1n) is 6.46. The van der Waals surface area contributed by atoms with Gasteiger partial charge in [0.05, 0.1) is 16.9 Å². The summed E-state index contributed by atoms with van der Waals surface area (Å²) >= 11 is 3.36. The minimum absolute atomic E-state index is 0.238. The molecule has 4 nitrogen and oxygen atoms in total. The Labute approximate surface area is 132 Å². The van der Waals surface area contributed by atoms with Gasteiger partial charge in [-0.3, -0.25) is 0 Å². The van der Waals surface area contributed by atoms with Gasteiger partial charge < -0.3 is 15.4 Å². The molecule has 0 saturated heterocycles. The maximum Gasteiger partial charge on any atom is 0.338 e. The lowest BCUT2D eigenvalue weighted by Gasteiger charge is -2.15. The topological polar surface area (TPSA) is 55.6 Å². The predicted octanol–water partition coefficient (Wildman–Crippen LogP) is 3.45. The first kappa shape index (κ1) is 15.4. The molecule has 2 N–H and O–H groups in total. The van der Waals surface area contributed by atoms with E-state index in [-0.39, 0.29) is 12.6 Å². The molecule has 2 rings (SSSR count). The van der Waals surface area contributed by atoms with Crippen LogP contribution >= 0.6 is 15.9 Å². The van der Waals surface area contributed by atoms with Crippen LogP contribution in [0.5, 0.6) is 0 Å². The number of nitrogens with zero attached hydrogens (tertiary/aromatic N) is 1. The highest BCUT2D eigenvalue weighted by Gasteiger charge is 2.10. The van der Waals surface area contributed by atoms with Crippen molar-refractivity contribution in [1.29, 1.82) is 0 Å². The first-order chi connectivity index (χ1) is 9.97. The molecular weight excluding hydrogens is 332 g/mol. The average Bonchev–Trinajstić information content (AvgIpc) is 2.45. The van der Waals surface area contributed by atoms with E-state index in [1.807, 2.05) is 49.3 Å². The predicted molar refractivity (Wildman–Crippen MR) is 88.4 cm³/mol. The van der Waals surface area contributed by atoms with Gasteiger partial charge in [0.15, 0.2) is 0 Å². The number of nitrogen functional groups attached to an aromatic ring is 1. The molecule has 110 valence electrons. The van der Waals surface area contributed by atoms with Crippen molar-refractivity contribution >= 4 is 33.3 Å². The molecule has 5 heteroatoms. The minimum Gasteiger partial charge on any atom is -0.457 e. The number of hydrogen-bond acceptors (Lipinski definition) is 4. The zero-order valence-corrected chi connectivity index (χ0v) is 13.6. The molecule has 2 aromatic carbocycles. The van der Waals surface area contributed by atoms with Gasteiger partial charge in [0.25, 0.3) is 0 Å². The van der Waals surface area contributed by atoms with E-state index in [9.17, 15) is 4.79 Å². The van der Waals surface area contributed by atoms with Crippen molar-refractivity contribution in [3.8, 4) is 0 Å². The number of nitrogens with two attached hydrogens (primary N) is 1. The maximum atomic E-state index is 12.0. The fourth-order valence-corrected chi connectivity index (χ4v) is 2.17. The van der Waals surface area contributed by atoms with E-state index in [4.69, 9.17) is 10.5 Å². The summed E-state index contributed by atoms with van der Waals surface area (Å²) in [6.07, 6.45) is 0.